The topological polar surface area (TPSA) is 85.0 Å². The summed E-state index contributed by atoms with van der Waals surface area (Å²) in [7, 11) is 0. The summed E-state index contributed by atoms with van der Waals surface area (Å²) in [6.07, 6.45) is 3.98. The lowest BCUT2D eigenvalue weighted by Gasteiger charge is -2.21. The number of aliphatic hydroxyl groups excluding tert-OH is 1. The molecule has 3 N–H and O–H groups in total. The SMILES string of the molecule is O=c1[nH]cnc2c(CN(CCCO)Cc3ccccc3)c[nH]c12. The Morgan fingerprint density at radius 3 is 2.74 bits per heavy atom. The Morgan fingerprint density at radius 2 is 1.96 bits per heavy atom. The number of H-pyrrole nitrogens is 2. The molecule has 2 aromatic heterocycles. The number of nitrogens with one attached hydrogen (secondary N) is 2. The van der Waals surface area contributed by atoms with Gasteiger partial charge in [0.2, 0.25) is 0 Å². The molecule has 0 unspecified atom stereocenters. The van der Waals surface area contributed by atoms with Crippen molar-refractivity contribution in [2.45, 2.75) is 19.5 Å². The second-order valence-corrected chi connectivity index (χ2v) is 5.54. The van der Waals surface area contributed by atoms with Gasteiger partial charge in [0.1, 0.15) is 5.52 Å². The van der Waals surface area contributed by atoms with Gasteiger partial charge in [-0.05, 0) is 12.0 Å². The van der Waals surface area contributed by atoms with Crippen LogP contribution in [0.15, 0.2) is 47.7 Å². The maximum absolute atomic E-state index is 11.8. The summed E-state index contributed by atoms with van der Waals surface area (Å²) < 4.78 is 0. The van der Waals surface area contributed by atoms with Crippen molar-refractivity contribution in [2.75, 3.05) is 13.2 Å². The number of aliphatic hydroxyl groups is 1. The van der Waals surface area contributed by atoms with Gasteiger partial charge in [0.25, 0.3) is 5.56 Å². The van der Waals surface area contributed by atoms with Gasteiger partial charge in [0, 0.05) is 38.0 Å². The van der Waals surface area contributed by atoms with E-state index in [-0.39, 0.29) is 12.2 Å². The monoisotopic (exact) mass is 312 g/mol. The molecule has 0 bridgehead atoms. The predicted molar refractivity (Wildman–Crippen MR) is 89.0 cm³/mol. The van der Waals surface area contributed by atoms with E-state index >= 15 is 0 Å². The molecule has 0 amide bonds. The van der Waals surface area contributed by atoms with Crippen LogP contribution in [0, 0.1) is 0 Å². The average Bonchev–Trinajstić information content (AvgIpc) is 2.98. The third-order valence-corrected chi connectivity index (χ3v) is 3.82. The van der Waals surface area contributed by atoms with Crippen molar-refractivity contribution in [1.29, 1.82) is 0 Å². The van der Waals surface area contributed by atoms with E-state index in [1.807, 2.05) is 24.4 Å². The first-order valence-corrected chi connectivity index (χ1v) is 7.68. The molecule has 0 fully saturated rings. The van der Waals surface area contributed by atoms with Crippen LogP contribution in [0.3, 0.4) is 0 Å². The quantitative estimate of drug-likeness (QED) is 0.619. The van der Waals surface area contributed by atoms with Gasteiger partial charge in [-0.25, -0.2) is 4.98 Å². The number of benzene rings is 1. The molecule has 3 rings (SSSR count). The van der Waals surface area contributed by atoms with Crippen LogP contribution < -0.4 is 5.56 Å². The fourth-order valence-electron chi connectivity index (χ4n) is 2.72. The highest BCUT2D eigenvalue weighted by atomic mass is 16.3. The van der Waals surface area contributed by atoms with Crippen molar-refractivity contribution >= 4 is 11.0 Å². The Labute approximate surface area is 133 Å². The third kappa shape index (κ3) is 3.67. The van der Waals surface area contributed by atoms with Gasteiger partial charge < -0.3 is 15.1 Å². The normalized spacial score (nSPS) is 11.4. The first-order valence-electron chi connectivity index (χ1n) is 7.68. The van der Waals surface area contributed by atoms with Crippen molar-refractivity contribution in [3.05, 3.63) is 64.3 Å². The van der Waals surface area contributed by atoms with E-state index < -0.39 is 0 Å². The molecule has 2 heterocycles. The van der Waals surface area contributed by atoms with Crippen LogP contribution in [0.2, 0.25) is 0 Å². The molecule has 6 nitrogen and oxygen atoms in total. The van der Waals surface area contributed by atoms with Gasteiger partial charge in [0.05, 0.1) is 11.8 Å². The van der Waals surface area contributed by atoms with Gasteiger partial charge in [0.15, 0.2) is 0 Å². The van der Waals surface area contributed by atoms with Gasteiger partial charge in [-0.3, -0.25) is 9.69 Å². The number of hydrogen-bond acceptors (Lipinski definition) is 4. The van der Waals surface area contributed by atoms with Crippen molar-refractivity contribution in [2.24, 2.45) is 0 Å². The number of hydrogen-bond donors (Lipinski definition) is 3. The Kier molecular flexibility index (Phi) is 4.85. The smallest absolute Gasteiger partial charge is 0.275 e. The number of fused-ring (bicyclic) bond motifs is 1. The molecule has 0 saturated carbocycles. The molecular formula is C17H20N4O2. The molecule has 0 aliphatic rings. The lowest BCUT2D eigenvalue weighted by atomic mass is 10.2. The molecule has 0 aliphatic carbocycles. The van der Waals surface area contributed by atoms with E-state index in [0.29, 0.717) is 24.0 Å². The molecule has 3 aromatic rings. The first kappa shape index (κ1) is 15.5. The lowest BCUT2D eigenvalue weighted by Crippen LogP contribution is -2.24. The van der Waals surface area contributed by atoms with E-state index in [1.54, 1.807) is 0 Å². The van der Waals surface area contributed by atoms with Crippen LogP contribution in [0.25, 0.3) is 11.0 Å². The zero-order valence-corrected chi connectivity index (χ0v) is 12.8. The molecule has 0 atom stereocenters. The lowest BCUT2D eigenvalue weighted by molar-refractivity contribution is 0.213. The van der Waals surface area contributed by atoms with E-state index in [1.165, 1.54) is 11.9 Å². The average molecular weight is 312 g/mol. The molecule has 6 heteroatoms. The first-order chi connectivity index (χ1) is 11.3. The second-order valence-electron chi connectivity index (χ2n) is 5.54. The molecule has 0 radical (unpaired) electrons. The minimum atomic E-state index is -0.161. The van der Waals surface area contributed by atoms with Crippen LogP contribution in [0.5, 0.6) is 0 Å². The van der Waals surface area contributed by atoms with E-state index in [0.717, 1.165) is 18.7 Å². The summed E-state index contributed by atoms with van der Waals surface area (Å²) in [6, 6.07) is 10.2. The van der Waals surface area contributed by atoms with Crippen LogP contribution in [0.4, 0.5) is 0 Å². The highest BCUT2D eigenvalue weighted by Gasteiger charge is 2.12. The predicted octanol–water partition coefficient (Wildman–Crippen LogP) is 1.64. The Hall–Kier alpha value is -2.44. The molecule has 120 valence electrons. The molecule has 23 heavy (non-hydrogen) atoms. The van der Waals surface area contributed by atoms with Gasteiger partial charge in [-0.2, -0.15) is 0 Å². The van der Waals surface area contributed by atoms with E-state index in [2.05, 4.69) is 32.0 Å². The van der Waals surface area contributed by atoms with Crippen molar-refractivity contribution in [3.63, 3.8) is 0 Å². The van der Waals surface area contributed by atoms with Gasteiger partial charge in [-0.1, -0.05) is 30.3 Å². The summed E-state index contributed by atoms with van der Waals surface area (Å²) in [5.41, 5.74) is 3.25. The summed E-state index contributed by atoms with van der Waals surface area (Å²) in [6.45, 7) is 2.40. The highest BCUT2D eigenvalue weighted by molar-refractivity contribution is 5.77. The maximum Gasteiger partial charge on any atom is 0.275 e. The number of nitrogens with zero attached hydrogens (tertiary/aromatic N) is 2. The largest absolute Gasteiger partial charge is 0.396 e. The Bertz CT molecular complexity index is 810. The Morgan fingerprint density at radius 1 is 1.13 bits per heavy atom. The van der Waals surface area contributed by atoms with Crippen LogP contribution in [-0.4, -0.2) is 38.1 Å². The highest BCUT2D eigenvalue weighted by Crippen LogP contribution is 2.16. The maximum atomic E-state index is 11.8. The zero-order valence-electron chi connectivity index (χ0n) is 12.8. The van der Waals surface area contributed by atoms with Gasteiger partial charge >= 0.3 is 0 Å². The molecule has 0 aliphatic heterocycles. The minimum Gasteiger partial charge on any atom is -0.396 e. The molecule has 0 saturated heterocycles. The van der Waals surface area contributed by atoms with Crippen molar-refractivity contribution < 1.29 is 5.11 Å². The summed E-state index contributed by atoms with van der Waals surface area (Å²) in [5.74, 6) is 0. The van der Waals surface area contributed by atoms with Crippen molar-refractivity contribution in [3.8, 4) is 0 Å². The fourth-order valence-corrected chi connectivity index (χ4v) is 2.72. The van der Waals surface area contributed by atoms with E-state index in [9.17, 15) is 4.79 Å². The van der Waals surface area contributed by atoms with Crippen LogP contribution >= 0.6 is 0 Å². The second kappa shape index (κ2) is 7.21. The minimum absolute atomic E-state index is 0.161. The van der Waals surface area contributed by atoms with Crippen LogP contribution in [-0.2, 0) is 13.1 Å². The number of aromatic nitrogens is 3. The fraction of sp³-hybridized carbons (Fsp3) is 0.294. The van der Waals surface area contributed by atoms with Gasteiger partial charge in [-0.15, -0.1) is 0 Å². The summed E-state index contributed by atoms with van der Waals surface area (Å²) in [5, 5.41) is 9.12. The standard InChI is InChI=1S/C17H20N4O2/c22-8-4-7-21(10-13-5-2-1-3-6-13)11-14-9-18-16-15(14)19-12-20-17(16)23/h1-3,5-6,9,12,18,22H,4,7-8,10-11H2,(H,19,20,23). The molecular weight excluding hydrogens is 292 g/mol. The zero-order chi connectivity index (χ0) is 16.1. The Balaban J connectivity index is 1.82. The van der Waals surface area contributed by atoms with Crippen molar-refractivity contribution in [1.82, 2.24) is 19.9 Å². The number of aromatic amines is 2. The third-order valence-electron chi connectivity index (χ3n) is 3.82. The number of rotatable bonds is 7. The van der Waals surface area contributed by atoms with E-state index in [4.69, 9.17) is 5.11 Å². The van der Waals surface area contributed by atoms with Crippen LogP contribution in [0.1, 0.15) is 17.5 Å². The summed E-state index contributed by atoms with van der Waals surface area (Å²) >= 11 is 0. The molecule has 0 spiro atoms. The summed E-state index contributed by atoms with van der Waals surface area (Å²) in [4.78, 5) is 23.9. The molecule has 1 aromatic carbocycles.